The van der Waals surface area contributed by atoms with Gasteiger partial charge in [-0.25, -0.2) is 4.79 Å². The number of rotatable bonds is 7. The smallest absolute Gasteiger partial charge is 0.408 e. The maximum Gasteiger partial charge on any atom is 0.408 e. The van der Waals surface area contributed by atoms with E-state index in [2.05, 4.69) is 10.6 Å². The molecule has 2 unspecified atom stereocenters. The van der Waals surface area contributed by atoms with Crippen LogP contribution in [0.15, 0.2) is 30.3 Å². The van der Waals surface area contributed by atoms with Crippen molar-refractivity contribution in [3.05, 3.63) is 35.9 Å². The number of amides is 3. The van der Waals surface area contributed by atoms with Crippen molar-refractivity contribution in [3.63, 3.8) is 0 Å². The van der Waals surface area contributed by atoms with Gasteiger partial charge in [0.15, 0.2) is 0 Å². The van der Waals surface area contributed by atoms with Crippen molar-refractivity contribution in [3.8, 4) is 0 Å². The molecule has 0 aliphatic carbocycles. The monoisotopic (exact) mass is 391 g/mol. The standard InChI is InChI=1S/C21H33N3O4/c1-8-24(19(26)15(4)23-20(27)28-21(5,6)7)17(18(25)22-14(2)3)16-12-10-9-11-13-16/h9-15,17H,8H2,1-7H3,(H,22,25)(H,23,27). The fraction of sp³-hybridized carbons (Fsp3) is 0.571. The van der Waals surface area contributed by atoms with Crippen LogP contribution in [0, 0.1) is 0 Å². The number of nitrogens with zero attached hydrogens (tertiary/aromatic N) is 1. The van der Waals surface area contributed by atoms with E-state index in [-0.39, 0.29) is 17.9 Å². The molecule has 1 aromatic rings. The van der Waals surface area contributed by atoms with E-state index in [0.717, 1.165) is 0 Å². The van der Waals surface area contributed by atoms with Crippen molar-refractivity contribution < 1.29 is 19.1 Å². The van der Waals surface area contributed by atoms with Gasteiger partial charge < -0.3 is 20.3 Å². The van der Waals surface area contributed by atoms with Crippen LogP contribution in [-0.2, 0) is 14.3 Å². The summed E-state index contributed by atoms with van der Waals surface area (Å²) < 4.78 is 5.22. The van der Waals surface area contributed by atoms with Crippen LogP contribution >= 0.6 is 0 Å². The van der Waals surface area contributed by atoms with Gasteiger partial charge in [0.05, 0.1) is 0 Å². The van der Waals surface area contributed by atoms with E-state index >= 15 is 0 Å². The number of nitrogens with one attached hydrogen (secondary N) is 2. The Morgan fingerprint density at radius 2 is 1.61 bits per heavy atom. The summed E-state index contributed by atoms with van der Waals surface area (Å²) in [6, 6.07) is 7.43. The third-order valence-corrected chi connectivity index (χ3v) is 3.83. The average Bonchev–Trinajstić information content (AvgIpc) is 2.57. The van der Waals surface area contributed by atoms with E-state index in [4.69, 9.17) is 4.74 Å². The van der Waals surface area contributed by atoms with Gasteiger partial charge in [-0.15, -0.1) is 0 Å². The first-order chi connectivity index (χ1) is 13.0. The van der Waals surface area contributed by atoms with Gasteiger partial charge in [-0.2, -0.15) is 0 Å². The largest absolute Gasteiger partial charge is 0.444 e. The molecule has 7 heteroatoms. The lowest BCUT2D eigenvalue weighted by atomic mass is 10.0. The minimum Gasteiger partial charge on any atom is -0.444 e. The molecule has 2 atom stereocenters. The molecule has 156 valence electrons. The number of likely N-dealkylation sites (N-methyl/N-ethyl adjacent to an activating group) is 1. The molecule has 0 spiro atoms. The summed E-state index contributed by atoms with van der Waals surface area (Å²) in [7, 11) is 0. The van der Waals surface area contributed by atoms with E-state index in [1.165, 1.54) is 4.90 Å². The van der Waals surface area contributed by atoms with Gasteiger partial charge in [-0.1, -0.05) is 30.3 Å². The third kappa shape index (κ3) is 7.21. The lowest BCUT2D eigenvalue weighted by molar-refractivity contribution is -0.142. The molecule has 0 saturated heterocycles. The van der Waals surface area contributed by atoms with E-state index in [0.29, 0.717) is 12.1 Å². The molecule has 0 heterocycles. The Hall–Kier alpha value is -2.57. The molecule has 0 fully saturated rings. The zero-order valence-corrected chi connectivity index (χ0v) is 17.9. The Labute approximate surface area is 167 Å². The quantitative estimate of drug-likeness (QED) is 0.748. The summed E-state index contributed by atoms with van der Waals surface area (Å²) in [6.07, 6.45) is -0.674. The second kappa shape index (κ2) is 10.1. The van der Waals surface area contributed by atoms with Crippen molar-refractivity contribution in [2.45, 2.75) is 72.2 Å². The third-order valence-electron chi connectivity index (χ3n) is 3.83. The highest BCUT2D eigenvalue weighted by Gasteiger charge is 2.33. The van der Waals surface area contributed by atoms with Crippen molar-refractivity contribution in [1.29, 1.82) is 0 Å². The minimum atomic E-state index is -0.840. The van der Waals surface area contributed by atoms with Crippen molar-refractivity contribution in [2.75, 3.05) is 6.54 Å². The molecule has 2 N–H and O–H groups in total. The number of ether oxygens (including phenoxy) is 1. The molecule has 0 aromatic heterocycles. The molecule has 0 aliphatic heterocycles. The molecule has 28 heavy (non-hydrogen) atoms. The van der Waals surface area contributed by atoms with Crippen LogP contribution in [0.2, 0.25) is 0 Å². The van der Waals surface area contributed by atoms with E-state index in [9.17, 15) is 14.4 Å². The molecule has 3 amide bonds. The van der Waals surface area contributed by atoms with Crippen LogP contribution in [-0.4, -0.2) is 47.0 Å². The lowest BCUT2D eigenvalue weighted by Gasteiger charge is -2.33. The van der Waals surface area contributed by atoms with Crippen LogP contribution in [0.4, 0.5) is 4.79 Å². The summed E-state index contributed by atoms with van der Waals surface area (Å²) in [4.78, 5) is 39.4. The lowest BCUT2D eigenvalue weighted by Crippen LogP contribution is -2.52. The highest BCUT2D eigenvalue weighted by Crippen LogP contribution is 2.22. The van der Waals surface area contributed by atoms with Crippen LogP contribution in [0.5, 0.6) is 0 Å². The van der Waals surface area contributed by atoms with Gasteiger partial charge in [0.25, 0.3) is 0 Å². The molecule has 0 saturated carbocycles. The molecule has 0 bridgehead atoms. The first-order valence-electron chi connectivity index (χ1n) is 9.61. The van der Waals surface area contributed by atoms with Gasteiger partial charge >= 0.3 is 6.09 Å². The predicted octanol–water partition coefficient (Wildman–Crippen LogP) is 3.01. The molecule has 0 radical (unpaired) electrons. The predicted molar refractivity (Wildman–Crippen MR) is 109 cm³/mol. The highest BCUT2D eigenvalue weighted by molar-refractivity contribution is 5.92. The second-order valence-corrected chi connectivity index (χ2v) is 7.97. The zero-order valence-electron chi connectivity index (χ0n) is 17.9. The highest BCUT2D eigenvalue weighted by atomic mass is 16.6. The SMILES string of the molecule is CCN(C(=O)C(C)NC(=O)OC(C)(C)C)C(C(=O)NC(C)C)c1ccccc1. The topological polar surface area (TPSA) is 87.7 Å². The molecular formula is C21H33N3O4. The first-order valence-corrected chi connectivity index (χ1v) is 9.61. The summed E-state index contributed by atoms with van der Waals surface area (Å²) in [5.41, 5.74) is 0.0430. The Kier molecular flexibility index (Phi) is 8.47. The number of hydrogen-bond acceptors (Lipinski definition) is 4. The second-order valence-electron chi connectivity index (χ2n) is 7.97. The Morgan fingerprint density at radius 1 is 1.04 bits per heavy atom. The Bertz CT molecular complexity index is 668. The van der Waals surface area contributed by atoms with Crippen molar-refractivity contribution in [2.24, 2.45) is 0 Å². The number of benzene rings is 1. The number of carbonyl (C=O) groups is 3. The summed E-state index contributed by atoms with van der Waals surface area (Å²) in [6.45, 7) is 12.7. The normalized spacial score (nSPS) is 13.4. The van der Waals surface area contributed by atoms with Gasteiger partial charge in [-0.3, -0.25) is 9.59 Å². The van der Waals surface area contributed by atoms with Gasteiger partial charge in [0, 0.05) is 12.6 Å². The Morgan fingerprint density at radius 3 is 2.07 bits per heavy atom. The van der Waals surface area contributed by atoms with Gasteiger partial charge in [0.2, 0.25) is 11.8 Å². The molecule has 0 aliphatic rings. The van der Waals surface area contributed by atoms with Crippen molar-refractivity contribution in [1.82, 2.24) is 15.5 Å². The van der Waals surface area contributed by atoms with Gasteiger partial charge in [0.1, 0.15) is 17.7 Å². The summed E-state index contributed by atoms with van der Waals surface area (Å²) >= 11 is 0. The van der Waals surface area contributed by atoms with Crippen LogP contribution < -0.4 is 10.6 Å². The maximum atomic E-state index is 13.1. The average molecular weight is 392 g/mol. The molecule has 1 rings (SSSR count). The van der Waals surface area contributed by atoms with Crippen LogP contribution in [0.3, 0.4) is 0 Å². The van der Waals surface area contributed by atoms with E-state index in [1.807, 2.05) is 44.2 Å². The zero-order chi connectivity index (χ0) is 21.5. The van der Waals surface area contributed by atoms with E-state index in [1.54, 1.807) is 34.6 Å². The maximum absolute atomic E-state index is 13.1. The fourth-order valence-electron chi connectivity index (χ4n) is 2.73. The first kappa shape index (κ1) is 23.5. The van der Waals surface area contributed by atoms with Crippen LogP contribution in [0.25, 0.3) is 0 Å². The number of hydrogen-bond donors (Lipinski definition) is 2. The summed E-state index contributed by atoms with van der Waals surface area (Å²) in [5, 5.41) is 5.43. The summed E-state index contributed by atoms with van der Waals surface area (Å²) in [5.74, 6) is -0.623. The molecule has 7 nitrogen and oxygen atoms in total. The molecular weight excluding hydrogens is 358 g/mol. The van der Waals surface area contributed by atoms with E-state index < -0.39 is 23.8 Å². The van der Waals surface area contributed by atoms with Crippen molar-refractivity contribution >= 4 is 17.9 Å². The van der Waals surface area contributed by atoms with Gasteiger partial charge in [-0.05, 0) is 54.0 Å². The Balaban J connectivity index is 3.07. The minimum absolute atomic E-state index is 0.0650. The number of alkyl carbamates (subject to hydrolysis) is 1. The van der Waals surface area contributed by atoms with Crippen LogP contribution in [0.1, 0.15) is 60.1 Å². The number of carbonyl (C=O) groups excluding carboxylic acids is 3. The molecule has 1 aromatic carbocycles. The fourth-order valence-corrected chi connectivity index (χ4v) is 2.73.